The molecule has 3 aliphatic heterocycles. The molecule has 6 rings (SSSR count). The van der Waals surface area contributed by atoms with E-state index in [1.165, 1.54) is 18.2 Å². The van der Waals surface area contributed by atoms with E-state index in [0.29, 0.717) is 32.7 Å². The molecule has 19 nitrogen and oxygen atoms in total. The number of aliphatic hydroxyl groups excluding tert-OH is 1. The third-order valence-electron chi connectivity index (χ3n) is 8.96. The first kappa shape index (κ1) is 38.8. The fraction of sp³-hybridized carbons (Fsp3) is 0.424. The Morgan fingerprint density at radius 3 is 1.44 bits per heavy atom. The number of anilines is 6. The van der Waals surface area contributed by atoms with Gasteiger partial charge in [0, 0.05) is 108 Å². The monoisotopic (exact) mass is 723 g/mol. The number of piperazine rings is 2. The van der Waals surface area contributed by atoms with Gasteiger partial charge in [0.2, 0.25) is 5.91 Å². The number of nitrogens with one attached hydrogen (secondary N) is 1. The van der Waals surface area contributed by atoms with Gasteiger partial charge in [-0.25, -0.2) is 0 Å². The molecule has 3 fully saturated rings. The second-order valence-corrected chi connectivity index (χ2v) is 12.5. The molecule has 0 saturated carbocycles. The van der Waals surface area contributed by atoms with Gasteiger partial charge in [-0.1, -0.05) is 0 Å². The van der Waals surface area contributed by atoms with Crippen LogP contribution >= 0.6 is 0 Å². The van der Waals surface area contributed by atoms with Gasteiger partial charge in [-0.3, -0.25) is 35.1 Å². The summed E-state index contributed by atoms with van der Waals surface area (Å²) in [7, 11) is 0. The zero-order valence-corrected chi connectivity index (χ0v) is 28.9. The number of aliphatic hydroxyl groups is 1. The number of nitro groups is 3. The van der Waals surface area contributed by atoms with Gasteiger partial charge >= 0.3 is 0 Å². The van der Waals surface area contributed by atoms with Crippen molar-refractivity contribution in [3.8, 4) is 0 Å². The smallest absolute Gasteiger partial charge is 0.292 e. The lowest BCUT2D eigenvalue weighted by Crippen LogP contribution is -2.48. The normalized spacial score (nSPS) is 17.2. The van der Waals surface area contributed by atoms with Crippen molar-refractivity contribution in [3.05, 3.63) is 84.9 Å². The maximum absolute atomic E-state index is 11.2. The van der Waals surface area contributed by atoms with E-state index >= 15 is 0 Å². The van der Waals surface area contributed by atoms with Crippen molar-refractivity contribution in [1.82, 2.24) is 10.2 Å². The van der Waals surface area contributed by atoms with Gasteiger partial charge in [-0.15, -0.1) is 0 Å². The van der Waals surface area contributed by atoms with Gasteiger partial charge in [0.1, 0.15) is 17.1 Å². The molecule has 3 aromatic carbocycles. The lowest BCUT2D eigenvalue weighted by atomic mass is 10.1. The first-order chi connectivity index (χ1) is 24.7. The van der Waals surface area contributed by atoms with Crippen LogP contribution in [-0.4, -0.2) is 102 Å². The summed E-state index contributed by atoms with van der Waals surface area (Å²) in [4.78, 5) is 49.7. The number of hydrogen-bond acceptors (Lipinski definition) is 15. The Balaban J connectivity index is 0.000000175. The van der Waals surface area contributed by atoms with Crippen LogP contribution in [0.5, 0.6) is 0 Å². The van der Waals surface area contributed by atoms with Crippen LogP contribution in [0.1, 0.15) is 19.8 Å². The zero-order valence-electron chi connectivity index (χ0n) is 28.9. The highest BCUT2D eigenvalue weighted by Crippen LogP contribution is 2.30. The van der Waals surface area contributed by atoms with Crippen LogP contribution < -0.4 is 37.2 Å². The van der Waals surface area contributed by atoms with E-state index in [4.69, 9.17) is 17.2 Å². The average molecular weight is 724 g/mol. The Bertz CT molecular complexity index is 1750. The third kappa shape index (κ3) is 10.3. The Hall–Kier alpha value is -5.95. The summed E-state index contributed by atoms with van der Waals surface area (Å²) >= 11 is 0. The van der Waals surface area contributed by atoms with Crippen LogP contribution in [0, 0.1) is 30.3 Å². The van der Waals surface area contributed by atoms with Gasteiger partial charge < -0.3 is 47.2 Å². The molecule has 0 spiro atoms. The van der Waals surface area contributed by atoms with Crippen molar-refractivity contribution in [2.24, 2.45) is 0 Å². The first-order valence-corrected chi connectivity index (χ1v) is 16.8. The van der Waals surface area contributed by atoms with Crippen LogP contribution in [-0.2, 0) is 4.79 Å². The minimum absolute atomic E-state index is 0.0288. The SMILES string of the molecule is CC(=O)N1CCN(c2ccc([N+](=O)[O-])c(N)c2)CC1.Nc1cc(N2CCCC(O)C2)ccc1[N+](=O)[O-].Nc1cc(N2CCNCC2)ccc1[N+](=O)[O-]. The number of nitrogens with zero attached hydrogens (tertiary/aromatic N) is 7. The van der Waals surface area contributed by atoms with E-state index in [0.717, 1.165) is 62.6 Å². The number of benzene rings is 3. The molecule has 8 N–H and O–H groups in total. The largest absolute Gasteiger partial charge is 0.393 e. The number of nitrogen functional groups attached to an aromatic ring is 3. The molecule has 1 unspecified atom stereocenters. The molecule has 0 aromatic heterocycles. The fourth-order valence-electron chi connectivity index (χ4n) is 6.11. The summed E-state index contributed by atoms with van der Waals surface area (Å²) in [5, 5.41) is 44.8. The van der Waals surface area contributed by atoms with E-state index < -0.39 is 14.8 Å². The second kappa shape index (κ2) is 17.8. The zero-order chi connectivity index (χ0) is 37.9. The van der Waals surface area contributed by atoms with Crippen molar-refractivity contribution < 1.29 is 24.7 Å². The topological polar surface area (TPSA) is 270 Å². The van der Waals surface area contributed by atoms with Crippen LogP contribution in [0.15, 0.2) is 54.6 Å². The van der Waals surface area contributed by atoms with Crippen molar-refractivity contribution in [1.29, 1.82) is 0 Å². The molecule has 3 heterocycles. The second-order valence-electron chi connectivity index (χ2n) is 12.5. The predicted octanol–water partition coefficient (Wildman–Crippen LogP) is 2.57. The van der Waals surface area contributed by atoms with Crippen molar-refractivity contribution in [2.45, 2.75) is 25.9 Å². The number of hydrogen-bond donors (Lipinski definition) is 5. The van der Waals surface area contributed by atoms with Crippen LogP contribution in [0.3, 0.4) is 0 Å². The molecule has 1 atom stereocenters. The van der Waals surface area contributed by atoms with Gasteiger partial charge in [-0.05, 0) is 49.2 Å². The molecule has 280 valence electrons. The number of nitrogens with two attached hydrogens (primary N) is 3. The van der Waals surface area contributed by atoms with Gasteiger partial charge in [0.25, 0.3) is 17.1 Å². The van der Waals surface area contributed by atoms with Crippen molar-refractivity contribution >= 4 is 57.1 Å². The van der Waals surface area contributed by atoms with E-state index in [1.54, 1.807) is 48.2 Å². The Morgan fingerprint density at radius 1 is 0.673 bits per heavy atom. The number of piperidine rings is 1. The molecular formula is C33H45N11O8. The summed E-state index contributed by atoms with van der Waals surface area (Å²) in [5.41, 5.74) is 19.9. The first-order valence-electron chi connectivity index (χ1n) is 16.8. The molecule has 0 aliphatic carbocycles. The summed E-state index contributed by atoms with van der Waals surface area (Å²) in [6, 6.07) is 14.3. The lowest BCUT2D eigenvalue weighted by molar-refractivity contribution is -0.384. The standard InChI is InChI=1S/C12H16N4O3.C11H15N3O3.C10H14N4O2/c1-9(17)14-4-6-15(7-5-14)10-2-3-12(16(18)19)11(13)8-10;12-10-6-8(3-4-11(10)14(16)17)13-5-1-2-9(15)7-13;11-9-7-8(1-2-10(9)14(15)16)13-5-3-12-4-6-13/h2-3,8H,4-7,13H2,1H3;3-4,6,9,15H,1-2,5,7,12H2;1-2,7,12H,3-6,11H2. The van der Waals surface area contributed by atoms with Gasteiger partial charge in [0.05, 0.1) is 20.9 Å². The molecule has 3 aliphatic rings. The molecule has 3 aromatic rings. The minimum atomic E-state index is -0.496. The highest BCUT2D eigenvalue weighted by molar-refractivity contribution is 5.74. The third-order valence-corrected chi connectivity index (χ3v) is 8.96. The minimum Gasteiger partial charge on any atom is -0.393 e. The number of nitro benzene ring substituents is 3. The molecule has 52 heavy (non-hydrogen) atoms. The molecule has 0 radical (unpaired) electrons. The van der Waals surface area contributed by atoms with E-state index in [2.05, 4.69) is 15.1 Å². The van der Waals surface area contributed by atoms with E-state index in [1.807, 2.05) is 4.90 Å². The Kier molecular flexibility index (Phi) is 13.3. The molecular weight excluding hydrogens is 678 g/mol. The number of amides is 1. The average Bonchev–Trinajstić information content (AvgIpc) is 3.12. The highest BCUT2D eigenvalue weighted by atomic mass is 16.6. The summed E-state index contributed by atoms with van der Waals surface area (Å²) in [6.45, 7) is 9.33. The fourth-order valence-corrected chi connectivity index (χ4v) is 6.11. The van der Waals surface area contributed by atoms with Gasteiger partial charge in [0.15, 0.2) is 0 Å². The number of carbonyl (C=O) groups is 1. The van der Waals surface area contributed by atoms with E-state index in [9.17, 15) is 40.2 Å². The maximum atomic E-state index is 11.2. The van der Waals surface area contributed by atoms with Crippen LogP contribution in [0.2, 0.25) is 0 Å². The molecule has 1 amide bonds. The quantitative estimate of drug-likeness (QED) is 0.139. The summed E-state index contributed by atoms with van der Waals surface area (Å²) in [6.07, 6.45) is 1.39. The molecule has 3 saturated heterocycles. The molecule has 19 heteroatoms. The summed E-state index contributed by atoms with van der Waals surface area (Å²) < 4.78 is 0. The van der Waals surface area contributed by atoms with Crippen molar-refractivity contribution in [2.75, 3.05) is 97.3 Å². The summed E-state index contributed by atoms with van der Waals surface area (Å²) in [5.74, 6) is 0.0721. The molecule has 0 bridgehead atoms. The van der Waals surface area contributed by atoms with Crippen LogP contribution in [0.25, 0.3) is 0 Å². The Labute approximate surface area is 300 Å². The maximum Gasteiger partial charge on any atom is 0.292 e. The lowest BCUT2D eigenvalue weighted by Gasteiger charge is -2.35. The van der Waals surface area contributed by atoms with Gasteiger partial charge in [-0.2, -0.15) is 0 Å². The van der Waals surface area contributed by atoms with E-state index in [-0.39, 0.29) is 46.1 Å². The Morgan fingerprint density at radius 2 is 1.08 bits per heavy atom. The van der Waals surface area contributed by atoms with Crippen molar-refractivity contribution in [3.63, 3.8) is 0 Å². The number of rotatable bonds is 6. The van der Waals surface area contributed by atoms with Crippen LogP contribution in [0.4, 0.5) is 51.2 Å². The number of carbonyl (C=O) groups excluding carboxylic acids is 1. The predicted molar refractivity (Wildman–Crippen MR) is 200 cm³/mol. The highest BCUT2D eigenvalue weighted by Gasteiger charge is 2.22. The number of β-amino-alcohol motifs (C(OH)–C–C–N with tert-alkyl or cyclic N) is 1.